The fourth-order valence-electron chi connectivity index (χ4n) is 1.02. The van der Waals surface area contributed by atoms with E-state index >= 15 is 0 Å². The third-order valence-corrected chi connectivity index (χ3v) is 3.00. The van der Waals surface area contributed by atoms with Crippen molar-refractivity contribution in [3.05, 3.63) is 0 Å². The fourth-order valence-corrected chi connectivity index (χ4v) is 1.94. The third kappa shape index (κ3) is 10.2. The van der Waals surface area contributed by atoms with Crippen LogP contribution in [0.2, 0.25) is 19.6 Å². The second kappa shape index (κ2) is 5.78. The van der Waals surface area contributed by atoms with E-state index in [0.717, 1.165) is 0 Å². The zero-order chi connectivity index (χ0) is 8.74. The summed E-state index contributed by atoms with van der Waals surface area (Å²) in [5, 5.41) is 0. The lowest BCUT2D eigenvalue weighted by molar-refractivity contribution is 0.654. The predicted octanol–water partition coefficient (Wildman–Crippen LogP) is 2.99. The molecule has 0 aromatic carbocycles. The lowest BCUT2D eigenvalue weighted by Crippen LogP contribution is -2.41. The molecule has 0 aliphatic carbocycles. The van der Waals surface area contributed by atoms with Crippen LogP contribution in [-0.4, -0.2) is 14.8 Å². The van der Waals surface area contributed by atoms with E-state index in [1.165, 1.54) is 32.2 Å². The first-order valence-electron chi connectivity index (χ1n) is 4.81. The van der Waals surface area contributed by atoms with E-state index < -0.39 is 8.24 Å². The maximum atomic E-state index is 3.62. The van der Waals surface area contributed by atoms with Crippen LogP contribution >= 0.6 is 0 Å². The van der Waals surface area contributed by atoms with Gasteiger partial charge in [-0.25, -0.2) is 0 Å². The summed E-state index contributed by atoms with van der Waals surface area (Å²) >= 11 is 0. The zero-order valence-corrected chi connectivity index (χ0v) is 9.54. The SMILES string of the molecule is CCCCCCN[Si](C)(C)C. The first kappa shape index (κ1) is 11.2. The molecular formula is C9H23NSi. The Kier molecular flexibility index (Phi) is 5.87. The van der Waals surface area contributed by atoms with Gasteiger partial charge < -0.3 is 4.98 Å². The molecule has 2 heteroatoms. The minimum absolute atomic E-state index is 0.967. The number of nitrogens with one attached hydrogen (secondary N) is 1. The average molecular weight is 173 g/mol. The number of hydrogen-bond acceptors (Lipinski definition) is 1. The maximum Gasteiger partial charge on any atom is 0.116 e. The quantitative estimate of drug-likeness (QED) is 0.481. The Balaban J connectivity index is 3.02. The molecule has 1 N–H and O–H groups in total. The molecule has 0 aliphatic rings. The van der Waals surface area contributed by atoms with Crippen molar-refractivity contribution < 1.29 is 0 Å². The van der Waals surface area contributed by atoms with Gasteiger partial charge in [0, 0.05) is 0 Å². The monoisotopic (exact) mass is 173 g/mol. The van der Waals surface area contributed by atoms with Gasteiger partial charge in [-0.15, -0.1) is 0 Å². The smallest absolute Gasteiger partial charge is 0.116 e. The predicted molar refractivity (Wildman–Crippen MR) is 55.5 cm³/mol. The highest BCUT2D eigenvalue weighted by molar-refractivity contribution is 6.73. The molecule has 0 bridgehead atoms. The summed E-state index contributed by atoms with van der Waals surface area (Å²) in [6.45, 7) is 10.5. The van der Waals surface area contributed by atoms with E-state index in [0.29, 0.717) is 0 Å². The molecular weight excluding hydrogens is 150 g/mol. The largest absolute Gasteiger partial charge is 0.337 e. The molecule has 0 amide bonds. The molecule has 0 aromatic rings. The Bertz CT molecular complexity index is 86.1. The molecule has 0 fully saturated rings. The lowest BCUT2D eigenvalue weighted by atomic mass is 10.2. The fraction of sp³-hybridized carbons (Fsp3) is 1.00. The van der Waals surface area contributed by atoms with Gasteiger partial charge in [0.05, 0.1) is 0 Å². The molecule has 11 heavy (non-hydrogen) atoms. The van der Waals surface area contributed by atoms with E-state index in [9.17, 15) is 0 Å². The van der Waals surface area contributed by atoms with E-state index in [4.69, 9.17) is 0 Å². The highest BCUT2D eigenvalue weighted by atomic mass is 28.3. The lowest BCUT2D eigenvalue weighted by Gasteiger charge is -2.17. The van der Waals surface area contributed by atoms with E-state index in [2.05, 4.69) is 31.5 Å². The van der Waals surface area contributed by atoms with Gasteiger partial charge in [0.25, 0.3) is 0 Å². The third-order valence-electron chi connectivity index (χ3n) is 1.69. The Hall–Kier alpha value is 0.177. The number of hydrogen-bond donors (Lipinski definition) is 1. The van der Waals surface area contributed by atoms with Crippen molar-refractivity contribution in [3.63, 3.8) is 0 Å². The highest BCUT2D eigenvalue weighted by Crippen LogP contribution is 1.99. The summed E-state index contributed by atoms with van der Waals surface area (Å²) < 4.78 is 0. The van der Waals surface area contributed by atoms with Crippen LogP contribution in [0, 0.1) is 0 Å². The molecule has 0 radical (unpaired) electrons. The van der Waals surface area contributed by atoms with Crippen LogP contribution < -0.4 is 4.98 Å². The molecule has 0 atom stereocenters. The van der Waals surface area contributed by atoms with Crippen LogP contribution in [0.4, 0.5) is 0 Å². The van der Waals surface area contributed by atoms with Gasteiger partial charge in [-0.2, -0.15) is 0 Å². The first-order chi connectivity index (χ1) is 5.06. The Morgan fingerprint density at radius 2 is 1.64 bits per heavy atom. The van der Waals surface area contributed by atoms with Gasteiger partial charge in [-0.1, -0.05) is 45.8 Å². The summed E-state index contributed by atoms with van der Waals surface area (Å²) in [6.07, 6.45) is 5.49. The normalized spacial score (nSPS) is 12.0. The van der Waals surface area contributed by atoms with Gasteiger partial charge in [0.15, 0.2) is 0 Å². The summed E-state index contributed by atoms with van der Waals surface area (Å²) in [7, 11) is -0.967. The zero-order valence-electron chi connectivity index (χ0n) is 8.54. The summed E-state index contributed by atoms with van der Waals surface area (Å²) in [5.74, 6) is 0. The van der Waals surface area contributed by atoms with Crippen LogP contribution in [0.5, 0.6) is 0 Å². The van der Waals surface area contributed by atoms with E-state index in [1.54, 1.807) is 0 Å². The molecule has 0 saturated heterocycles. The topological polar surface area (TPSA) is 12.0 Å². The van der Waals surface area contributed by atoms with Crippen molar-refractivity contribution in [2.75, 3.05) is 6.54 Å². The Morgan fingerprint density at radius 3 is 2.09 bits per heavy atom. The van der Waals surface area contributed by atoms with Crippen LogP contribution in [0.15, 0.2) is 0 Å². The Labute approximate surface area is 72.7 Å². The van der Waals surface area contributed by atoms with Crippen molar-refractivity contribution in [2.24, 2.45) is 0 Å². The van der Waals surface area contributed by atoms with E-state index in [1.807, 2.05) is 0 Å². The minimum atomic E-state index is -0.967. The Morgan fingerprint density at radius 1 is 1.00 bits per heavy atom. The van der Waals surface area contributed by atoms with Gasteiger partial charge in [-0.05, 0) is 13.0 Å². The molecule has 0 spiro atoms. The molecule has 0 heterocycles. The molecule has 0 rings (SSSR count). The molecule has 68 valence electrons. The summed E-state index contributed by atoms with van der Waals surface area (Å²) in [4.78, 5) is 3.62. The van der Waals surface area contributed by atoms with Gasteiger partial charge in [-0.3, -0.25) is 0 Å². The molecule has 0 aliphatic heterocycles. The van der Waals surface area contributed by atoms with Crippen molar-refractivity contribution in [1.82, 2.24) is 4.98 Å². The standard InChI is InChI=1S/C9H23NSi/c1-5-6-7-8-9-10-11(2,3)4/h10H,5-9H2,1-4H3. The summed E-state index contributed by atoms with van der Waals surface area (Å²) in [5.41, 5.74) is 0. The van der Waals surface area contributed by atoms with Crippen molar-refractivity contribution >= 4 is 8.24 Å². The van der Waals surface area contributed by atoms with Crippen molar-refractivity contribution in [3.8, 4) is 0 Å². The highest BCUT2D eigenvalue weighted by Gasteiger charge is 2.10. The maximum absolute atomic E-state index is 3.62. The minimum Gasteiger partial charge on any atom is -0.337 e. The van der Waals surface area contributed by atoms with E-state index in [-0.39, 0.29) is 0 Å². The molecule has 0 unspecified atom stereocenters. The second-order valence-electron chi connectivity index (χ2n) is 4.24. The van der Waals surface area contributed by atoms with Crippen molar-refractivity contribution in [1.29, 1.82) is 0 Å². The van der Waals surface area contributed by atoms with Gasteiger partial charge >= 0.3 is 0 Å². The number of unbranched alkanes of at least 4 members (excludes halogenated alkanes) is 3. The first-order valence-corrected chi connectivity index (χ1v) is 8.31. The summed E-state index contributed by atoms with van der Waals surface area (Å²) in [6, 6.07) is 0. The molecule has 0 aromatic heterocycles. The molecule has 0 saturated carbocycles. The van der Waals surface area contributed by atoms with Gasteiger partial charge in [0.1, 0.15) is 8.24 Å². The number of rotatable bonds is 6. The average Bonchev–Trinajstić information content (AvgIpc) is 1.85. The van der Waals surface area contributed by atoms with Crippen molar-refractivity contribution in [2.45, 2.75) is 52.2 Å². The van der Waals surface area contributed by atoms with Crippen LogP contribution in [-0.2, 0) is 0 Å². The molecule has 1 nitrogen and oxygen atoms in total. The van der Waals surface area contributed by atoms with Crippen LogP contribution in [0.3, 0.4) is 0 Å². The second-order valence-corrected chi connectivity index (χ2v) is 9.09. The van der Waals surface area contributed by atoms with Gasteiger partial charge in [0.2, 0.25) is 0 Å². The van der Waals surface area contributed by atoms with Crippen LogP contribution in [0.1, 0.15) is 32.6 Å². The van der Waals surface area contributed by atoms with Crippen LogP contribution in [0.25, 0.3) is 0 Å².